The first-order valence-corrected chi connectivity index (χ1v) is 2.37. The predicted octanol–water partition coefficient (Wildman–Crippen LogP) is 0.476. The van der Waals surface area contributed by atoms with E-state index in [1.807, 2.05) is 0 Å². The van der Waals surface area contributed by atoms with Gasteiger partial charge in [-0.15, -0.1) is 10.2 Å². The van der Waals surface area contributed by atoms with Crippen LogP contribution in [0.1, 0.15) is 0 Å². The molecule has 0 spiro atoms. The van der Waals surface area contributed by atoms with Gasteiger partial charge in [-0.3, -0.25) is 2.78 Å². The fourth-order valence-electron chi connectivity index (χ4n) is 0.188. The summed E-state index contributed by atoms with van der Waals surface area (Å²) in [5.41, 5.74) is 0. The number of hydrogen-bond donors (Lipinski definition) is 0. The normalized spacial score (nSPS) is 8.83. The minimum absolute atomic E-state index is 1.63. The molecule has 32 valence electrons. The van der Waals surface area contributed by atoms with E-state index in [-0.39, 0.29) is 0 Å². The number of aromatic nitrogens is 3. The monoisotopic (exact) mass is 195 g/mol. The first-order chi connectivity index (χ1) is 2.89. The van der Waals surface area contributed by atoms with E-state index in [9.17, 15) is 0 Å². The van der Waals surface area contributed by atoms with Crippen LogP contribution in [0.5, 0.6) is 0 Å². The Morgan fingerprint density at radius 1 is 1.33 bits per heavy atom. The molecule has 0 saturated heterocycles. The first kappa shape index (κ1) is 4.04. The fraction of sp³-hybridized carbons (Fsp3) is 0. The summed E-state index contributed by atoms with van der Waals surface area (Å²) in [6.07, 6.45) is 3.25. The van der Waals surface area contributed by atoms with E-state index in [1.54, 1.807) is 15.4 Å². The van der Waals surface area contributed by atoms with Gasteiger partial charge in [-0.25, -0.2) is 0 Å². The molecular formula is C2H2IN3. The van der Waals surface area contributed by atoms with Crippen molar-refractivity contribution in [2.45, 2.75) is 0 Å². The van der Waals surface area contributed by atoms with Gasteiger partial charge in [-0.2, -0.15) is 0 Å². The molecule has 0 N–H and O–H groups in total. The maximum Gasteiger partial charge on any atom is 0.128 e. The van der Waals surface area contributed by atoms with Crippen molar-refractivity contribution in [3.63, 3.8) is 0 Å². The van der Waals surface area contributed by atoms with Gasteiger partial charge in [0.05, 0.1) is 22.9 Å². The van der Waals surface area contributed by atoms with Crippen LogP contribution in [-0.4, -0.2) is 13.0 Å². The summed E-state index contributed by atoms with van der Waals surface area (Å²) < 4.78 is 1.75. The quantitative estimate of drug-likeness (QED) is 0.563. The molecule has 3 nitrogen and oxygen atoms in total. The maximum atomic E-state index is 3.53. The number of rotatable bonds is 0. The van der Waals surface area contributed by atoms with Crippen molar-refractivity contribution in [1.29, 1.82) is 0 Å². The second kappa shape index (κ2) is 1.55. The molecule has 1 rings (SSSR count). The minimum Gasteiger partial charge on any atom is -0.259 e. The summed E-state index contributed by atoms with van der Waals surface area (Å²) in [5.74, 6) is 0. The Bertz CT molecular complexity index is 112. The topological polar surface area (TPSA) is 30.7 Å². The molecule has 0 bridgehead atoms. The summed E-state index contributed by atoms with van der Waals surface area (Å²) in [6.45, 7) is 0. The van der Waals surface area contributed by atoms with Gasteiger partial charge < -0.3 is 0 Å². The first-order valence-electron chi connectivity index (χ1n) is 1.40. The zero-order chi connectivity index (χ0) is 4.41. The molecular weight excluding hydrogens is 193 g/mol. The van der Waals surface area contributed by atoms with Crippen molar-refractivity contribution in [3.8, 4) is 0 Å². The van der Waals surface area contributed by atoms with E-state index >= 15 is 0 Å². The van der Waals surface area contributed by atoms with Crippen LogP contribution in [-0.2, 0) is 0 Å². The zero-order valence-electron chi connectivity index (χ0n) is 2.87. The number of hydrogen-bond acceptors (Lipinski definition) is 2. The van der Waals surface area contributed by atoms with Gasteiger partial charge in [0.25, 0.3) is 0 Å². The highest BCUT2D eigenvalue weighted by Crippen LogP contribution is 1.84. The van der Waals surface area contributed by atoms with Gasteiger partial charge in [0.2, 0.25) is 0 Å². The summed E-state index contributed by atoms with van der Waals surface area (Å²) in [6, 6.07) is 0. The Kier molecular flexibility index (Phi) is 1.04. The molecule has 0 saturated carbocycles. The summed E-state index contributed by atoms with van der Waals surface area (Å²) in [7, 11) is 0. The zero-order valence-corrected chi connectivity index (χ0v) is 5.03. The third-order valence-electron chi connectivity index (χ3n) is 0.391. The van der Waals surface area contributed by atoms with Crippen molar-refractivity contribution in [1.82, 2.24) is 13.0 Å². The molecule has 0 aliphatic rings. The third kappa shape index (κ3) is 0.675. The molecule has 0 aromatic carbocycles. The molecule has 6 heavy (non-hydrogen) atoms. The molecule has 0 amide bonds. The van der Waals surface area contributed by atoms with Gasteiger partial charge in [-0.1, -0.05) is 0 Å². The molecule has 0 aliphatic carbocycles. The number of nitrogens with zero attached hydrogens (tertiary/aromatic N) is 3. The SMILES string of the molecule is In1cnnc1. The van der Waals surface area contributed by atoms with Gasteiger partial charge in [0.15, 0.2) is 0 Å². The maximum absolute atomic E-state index is 3.53. The second-order valence-electron chi connectivity index (χ2n) is 0.806. The summed E-state index contributed by atoms with van der Waals surface area (Å²) >= 11 is 2.07. The van der Waals surface area contributed by atoms with Crippen LogP contribution in [0.25, 0.3) is 0 Å². The van der Waals surface area contributed by atoms with E-state index in [4.69, 9.17) is 0 Å². The van der Waals surface area contributed by atoms with Gasteiger partial charge in [-0.05, 0) is 0 Å². The molecule has 0 unspecified atom stereocenters. The lowest BCUT2D eigenvalue weighted by Crippen LogP contribution is -1.63. The molecule has 1 heterocycles. The second-order valence-corrected chi connectivity index (χ2v) is 1.92. The highest BCUT2D eigenvalue weighted by Gasteiger charge is 1.73. The lowest BCUT2D eigenvalue weighted by atomic mass is 11.3. The van der Waals surface area contributed by atoms with Crippen LogP contribution in [0.15, 0.2) is 12.7 Å². The smallest absolute Gasteiger partial charge is 0.128 e. The molecule has 4 heteroatoms. The Hall–Kier alpha value is -0.130. The number of halogens is 1. The lowest BCUT2D eigenvalue weighted by molar-refractivity contribution is 1.09. The minimum atomic E-state index is 1.63. The van der Waals surface area contributed by atoms with Crippen molar-refractivity contribution < 1.29 is 0 Å². The Morgan fingerprint density at radius 3 is 2.00 bits per heavy atom. The van der Waals surface area contributed by atoms with Crippen molar-refractivity contribution in [2.24, 2.45) is 0 Å². The Morgan fingerprint density at radius 2 is 1.83 bits per heavy atom. The van der Waals surface area contributed by atoms with E-state index in [2.05, 4.69) is 33.1 Å². The largest absolute Gasteiger partial charge is 0.259 e. The average Bonchev–Trinajstić information content (AvgIpc) is 1.86. The highest BCUT2D eigenvalue weighted by molar-refractivity contribution is 14.1. The molecule has 0 radical (unpaired) electrons. The average molecular weight is 195 g/mol. The van der Waals surface area contributed by atoms with Crippen molar-refractivity contribution in [3.05, 3.63) is 12.7 Å². The third-order valence-corrected chi connectivity index (χ3v) is 0.889. The van der Waals surface area contributed by atoms with Crippen LogP contribution < -0.4 is 0 Å². The highest BCUT2D eigenvalue weighted by atomic mass is 127. The fourth-order valence-corrected chi connectivity index (χ4v) is 0.411. The van der Waals surface area contributed by atoms with Gasteiger partial charge in [0.1, 0.15) is 12.7 Å². The molecule has 0 aliphatic heterocycles. The van der Waals surface area contributed by atoms with E-state index in [1.165, 1.54) is 0 Å². The molecule has 1 aromatic heterocycles. The van der Waals surface area contributed by atoms with Crippen LogP contribution in [0.4, 0.5) is 0 Å². The van der Waals surface area contributed by atoms with Gasteiger partial charge in [0, 0.05) is 0 Å². The predicted molar refractivity (Wildman–Crippen MR) is 29.4 cm³/mol. The van der Waals surface area contributed by atoms with Crippen LogP contribution in [0, 0.1) is 0 Å². The van der Waals surface area contributed by atoms with Crippen LogP contribution >= 0.6 is 22.9 Å². The Labute approximate surface area is 48.9 Å². The van der Waals surface area contributed by atoms with Crippen LogP contribution in [0.3, 0.4) is 0 Å². The van der Waals surface area contributed by atoms with Crippen molar-refractivity contribution >= 4 is 22.9 Å². The van der Waals surface area contributed by atoms with Crippen molar-refractivity contribution in [2.75, 3.05) is 0 Å². The van der Waals surface area contributed by atoms with E-state index in [0.717, 1.165) is 0 Å². The van der Waals surface area contributed by atoms with E-state index < -0.39 is 0 Å². The summed E-state index contributed by atoms with van der Waals surface area (Å²) in [4.78, 5) is 0. The molecule has 0 atom stereocenters. The summed E-state index contributed by atoms with van der Waals surface area (Å²) in [5, 5.41) is 7.05. The molecule has 0 fully saturated rings. The van der Waals surface area contributed by atoms with Crippen LogP contribution in [0.2, 0.25) is 0 Å². The Balaban J connectivity index is 3.05. The van der Waals surface area contributed by atoms with Gasteiger partial charge >= 0.3 is 0 Å². The lowest BCUT2D eigenvalue weighted by Gasteiger charge is -1.69. The molecule has 1 aromatic rings. The standard InChI is InChI=1S/C2H2IN3/c3-6-1-4-5-2-6/h1-2H. The van der Waals surface area contributed by atoms with E-state index in [0.29, 0.717) is 0 Å².